The van der Waals surface area contributed by atoms with Gasteiger partial charge in [-0.3, -0.25) is 0 Å². The second kappa shape index (κ2) is 9.53. The minimum atomic E-state index is -4.21. The van der Waals surface area contributed by atoms with Crippen molar-refractivity contribution < 1.29 is 22.6 Å². The molecule has 2 N–H and O–H groups in total. The average Bonchev–Trinajstić information content (AvgIpc) is 2.57. The third-order valence-corrected chi connectivity index (χ3v) is 3.59. The summed E-state index contributed by atoms with van der Waals surface area (Å²) in [6, 6.07) is 13.8. The molecular weight excluding hydrogens is 355 g/mol. The van der Waals surface area contributed by atoms with Crippen LogP contribution in [0.25, 0.3) is 0 Å². The van der Waals surface area contributed by atoms with Crippen LogP contribution < -0.4 is 15.2 Å². The van der Waals surface area contributed by atoms with E-state index in [1.807, 2.05) is 30.3 Å². The van der Waals surface area contributed by atoms with Gasteiger partial charge in [0.05, 0.1) is 7.11 Å². The van der Waals surface area contributed by atoms with Crippen LogP contribution in [0.1, 0.15) is 30.0 Å². The van der Waals surface area contributed by atoms with E-state index in [9.17, 15) is 13.2 Å². The molecule has 0 bridgehead atoms. The first-order valence-electron chi connectivity index (χ1n) is 7.56. The quantitative estimate of drug-likeness (QED) is 0.737. The number of methoxy groups -OCH3 is 1. The SMILES string of the molecule is COc1ccc([C@@H](N)CCC(F)(F)F)cc1OCc1ccccc1.Cl. The van der Waals surface area contributed by atoms with Crippen LogP contribution in [-0.2, 0) is 6.61 Å². The molecule has 2 rings (SSSR count). The molecule has 2 aromatic rings. The molecule has 0 unspecified atom stereocenters. The number of ether oxygens (including phenoxy) is 2. The largest absolute Gasteiger partial charge is 0.493 e. The van der Waals surface area contributed by atoms with Crippen LogP contribution in [0.3, 0.4) is 0 Å². The maximum atomic E-state index is 12.3. The Labute approximate surface area is 151 Å². The predicted molar refractivity (Wildman–Crippen MR) is 93.2 cm³/mol. The summed E-state index contributed by atoms with van der Waals surface area (Å²) in [5.41, 5.74) is 7.44. The van der Waals surface area contributed by atoms with Gasteiger partial charge in [-0.2, -0.15) is 13.2 Å². The summed E-state index contributed by atoms with van der Waals surface area (Å²) >= 11 is 0. The normalized spacial score (nSPS) is 12.2. The van der Waals surface area contributed by atoms with Gasteiger partial charge in [0.2, 0.25) is 0 Å². The molecule has 0 aliphatic carbocycles. The van der Waals surface area contributed by atoms with E-state index < -0.39 is 18.6 Å². The smallest absolute Gasteiger partial charge is 0.389 e. The number of rotatable bonds is 7. The maximum Gasteiger partial charge on any atom is 0.389 e. The van der Waals surface area contributed by atoms with Crippen LogP contribution >= 0.6 is 12.4 Å². The lowest BCUT2D eigenvalue weighted by molar-refractivity contribution is -0.136. The first-order chi connectivity index (χ1) is 11.4. The van der Waals surface area contributed by atoms with Crippen molar-refractivity contribution in [3.63, 3.8) is 0 Å². The number of alkyl halides is 3. The highest BCUT2D eigenvalue weighted by atomic mass is 35.5. The topological polar surface area (TPSA) is 44.5 Å². The second-order valence-corrected chi connectivity index (χ2v) is 5.44. The Balaban J connectivity index is 0.00000312. The van der Waals surface area contributed by atoms with E-state index in [1.54, 1.807) is 18.2 Å². The van der Waals surface area contributed by atoms with Gasteiger partial charge in [0.25, 0.3) is 0 Å². The van der Waals surface area contributed by atoms with Crippen molar-refractivity contribution in [2.45, 2.75) is 31.7 Å². The van der Waals surface area contributed by atoms with Crippen LogP contribution in [0.2, 0.25) is 0 Å². The monoisotopic (exact) mass is 375 g/mol. The zero-order chi connectivity index (χ0) is 17.6. The van der Waals surface area contributed by atoms with E-state index >= 15 is 0 Å². The lowest BCUT2D eigenvalue weighted by Gasteiger charge is -2.17. The summed E-state index contributed by atoms with van der Waals surface area (Å²) in [6.07, 6.45) is -5.30. The minimum Gasteiger partial charge on any atom is -0.493 e. The lowest BCUT2D eigenvalue weighted by Crippen LogP contribution is -2.16. The van der Waals surface area contributed by atoms with Crippen LogP contribution in [0, 0.1) is 0 Å². The standard InChI is InChI=1S/C18H20F3NO2.ClH/c1-23-16-8-7-14(15(22)9-10-18(19,20)21)11-17(16)24-12-13-5-3-2-4-6-13;/h2-8,11,15H,9-10,12,22H2,1H3;1H/t15-;/m0./s1. The zero-order valence-corrected chi connectivity index (χ0v) is 14.6. The maximum absolute atomic E-state index is 12.3. The van der Waals surface area contributed by atoms with Crippen molar-refractivity contribution in [1.82, 2.24) is 0 Å². The molecule has 7 heteroatoms. The molecule has 0 fully saturated rings. The Hall–Kier alpha value is -1.92. The average molecular weight is 376 g/mol. The van der Waals surface area contributed by atoms with Gasteiger partial charge in [-0.25, -0.2) is 0 Å². The van der Waals surface area contributed by atoms with Gasteiger partial charge in [0, 0.05) is 12.5 Å². The van der Waals surface area contributed by atoms with Crippen molar-refractivity contribution in [2.75, 3.05) is 7.11 Å². The number of nitrogens with two attached hydrogens (primary N) is 1. The fourth-order valence-electron chi connectivity index (χ4n) is 2.26. The van der Waals surface area contributed by atoms with Crippen molar-refractivity contribution in [3.8, 4) is 11.5 Å². The summed E-state index contributed by atoms with van der Waals surface area (Å²) in [5.74, 6) is 0.971. The number of halogens is 4. The van der Waals surface area contributed by atoms with Crippen molar-refractivity contribution in [2.24, 2.45) is 5.73 Å². The Morgan fingerprint density at radius 3 is 2.32 bits per heavy atom. The summed E-state index contributed by atoms with van der Waals surface area (Å²) in [7, 11) is 1.51. The van der Waals surface area contributed by atoms with E-state index in [0.717, 1.165) is 5.56 Å². The number of hydrogen-bond donors (Lipinski definition) is 1. The molecule has 0 aromatic heterocycles. The van der Waals surface area contributed by atoms with Crippen LogP contribution in [-0.4, -0.2) is 13.3 Å². The molecule has 0 saturated heterocycles. The fourth-order valence-corrected chi connectivity index (χ4v) is 2.26. The van der Waals surface area contributed by atoms with E-state index in [1.165, 1.54) is 7.11 Å². The highest BCUT2D eigenvalue weighted by Crippen LogP contribution is 2.33. The first-order valence-corrected chi connectivity index (χ1v) is 7.56. The van der Waals surface area contributed by atoms with Gasteiger partial charge in [-0.1, -0.05) is 36.4 Å². The molecule has 0 radical (unpaired) electrons. The molecule has 0 aliphatic rings. The summed E-state index contributed by atoms with van der Waals surface area (Å²) < 4.78 is 48.0. The van der Waals surface area contributed by atoms with Crippen molar-refractivity contribution in [1.29, 1.82) is 0 Å². The van der Waals surface area contributed by atoms with E-state index in [-0.39, 0.29) is 18.8 Å². The molecule has 0 spiro atoms. The summed E-state index contributed by atoms with van der Waals surface area (Å²) in [4.78, 5) is 0. The van der Waals surface area contributed by atoms with E-state index in [4.69, 9.17) is 15.2 Å². The Kier molecular flexibility index (Phi) is 8.06. The predicted octanol–water partition coefficient (Wildman–Crippen LogP) is 5.04. The molecular formula is C18H21ClF3NO2. The third-order valence-electron chi connectivity index (χ3n) is 3.59. The van der Waals surface area contributed by atoms with Crippen LogP contribution in [0.15, 0.2) is 48.5 Å². The minimum absolute atomic E-state index is 0. The molecule has 0 heterocycles. The first kappa shape index (κ1) is 21.1. The van der Waals surface area contributed by atoms with Crippen LogP contribution in [0.5, 0.6) is 11.5 Å². The van der Waals surface area contributed by atoms with Gasteiger partial charge in [0.15, 0.2) is 11.5 Å². The third kappa shape index (κ3) is 6.84. The zero-order valence-electron chi connectivity index (χ0n) is 13.8. The fraction of sp³-hybridized carbons (Fsp3) is 0.333. The van der Waals surface area contributed by atoms with Gasteiger partial charge in [-0.15, -0.1) is 12.4 Å². The van der Waals surface area contributed by atoms with Crippen molar-refractivity contribution >= 4 is 12.4 Å². The molecule has 2 aromatic carbocycles. The van der Waals surface area contributed by atoms with Crippen LogP contribution in [0.4, 0.5) is 13.2 Å². The Morgan fingerprint density at radius 2 is 1.72 bits per heavy atom. The highest BCUT2D eigenvalue weighted by molar-refractivity contribution is 5.85. The lowest BCUT2D eigenvalue weighted by atomic mass is 10.0. The van der Waals surface area contributed by atoms with E-state index in [0.29, 0.717) is 23.7 Å². The van der Waals surface area contributed by atoms with Gasteiger partial charge in [0.1, 0.15) is 6.61 Å². The Bertz CT molecular complexity index is 651. The highest BCUT2D eigenvalue weighted by Gasteiger charge is 2.28. The molecule has 0 saturated carbocycles. The molecule has 0 amide bonds. The second-order valence-electron chi connectivity index (χ2n) is 5.44. The molecule has 1 atom stereocenters. The molecule has 138 valence electrons. The Morgan fingerprint density at radius 1 is 1.04 bits per heavy atom. The van der Waals surface area contributed by atoms with E-state index in [2.05, 4.69) is 0 Å². The summed E-state index contributed by atoms with van der Waals surface area (Å²) in [6.45, 7) is 0.332. The molecule has 0 aliphatic heterocycles. The molecule has 3 nitrogen and oxygen atoms in total. The number of benzene rings is 2. The van der Waals surface area contributed by atoms with Gasteiger partial charge in [-0.05, 0) is 29.7 Å². The van der Waals surface area contributed by atoms with Gasteiger partial charge < -0.3 is 15.2 Å². The number of hydrogen-bond acceptors (Lipinski definition) is 3. The molecule has 25 heavy (non-hydrogen) atoms. The summed E-state index contributed by atoms with van der Waals surface area (Å²) in [5, 5.41) is 0. The van der Waals surface area contributed by atoms with Crippen molar-refractivity contribution in [3.05, 3.63) is 59.7 Å². The van der Waals surface area contributed by atoms with Gasteiger partial charge >= 0.3 is 6.18 Å².